The number of thiocarbonyl (C=S) groups is 1. The fraction of sp³-hybridized carbons (Fsp3) is 0.176. The van der Waals surface area contributed by atoms with E-state index < -0.39 is 4.92 Å². The molecule has 0 amide bonds. The third kappa shape index (κ3) is 5.15. The summed E-state index contributed by atoms with van der Waals surface area (Å²) in [5, 5.41) is 15.1. The van der Waals surface area contributed by atoms with Gasteiger partial charge >= 0.3 is 0 Å². The average molecular weight is 374 g/mol. The number of aryl methyl sites for hydroxylation is 1. The number of nitrogens with two attached hydrogens (primary N) is 1. The highest BCUT2D eigenvalue weighted by Crippen LogP contribution is 2.29. The van der Waals surface area contributed by atoms with Crippen LogP contribution in [0.5, 0.6) is 11.5 Å². The van der Waals surface area contributed by atoms with Crippen LogP contribution in [-0.2, 0) is 6.61 Å². The highest BCUT2D eigenvalue weighted by molar-refractivity contribution is 7.80. The molecule has 3 N–H and O–H groups in total. The van der Waals surface area contributed by atoms with E-state index in [0.29, 0.717) is 17.1 Å². The van der Waals surface area contributed by atoms with Gasteiger partial charge in [-0.15, -0.1) is 0 Å². The summed E-state index contributed by atoms with van der Waals surface area (Å²) in [7, 11) is 1.50. The molecule has 0 aliphatic carbocycles. The average Bonchev–Trinajstić information content (AvgIpc) is 2.60. The SMILES string of the molecule is COc1cc(C=NNC(N)=S)ccc1OCc1ccc(C)cc1[N+](=O)[O-]. The number of benzene rings is 2. The Kier molecular flexibility index (Phi) is 6.45. The third-order valence-electron chi connectivity index (χ3n) is 3.40. The number of hydrogen-bond acceptors (Lipinski definition) is 6. The second-order valence-electron chi connectivity index (χ2n) is 5.32. The molecule has 0 bridgehead atoms. The lowest BCUT2D eigenvalue weighted by Crippen LogP contribution is -2.23. The van der Waals surface area contributed by atoms with Crippen LogP contribution in [0.4, 0.5) is 5.69 Å². The number of hydrogen-bond donors (Lipinski definition) is 2. The van der Waals surface area contributed by atoms with E-state index in [1.54, 1.807) is 37.3 Å². The quantitative estimate of drug-likeness (QED) is 0.332. The van der Waals surface area contributed by atoms with Gasteiger partial charge in [0.15, 0.2) is 16.6 Å². The molecule has 2 aromatic rings. The maximum atomic E-state index is 11.2. The highest BCUT2D eigenvalue weighted by Gasteiger charge is 2.15. The first-order valence-corrected chi connectivity index (χ1v) is 7.95. The number of hydrazone groups is 1. The zero-order valence-electron chi connectivity index (χ0n) is 14.3. The van der Waals surface area contributed by atoms with E-state index in [1.807, 2.05) is 0 Å². The fourth-order valence-electron chi connectivity index (χ4n) is 2.18. The molecule has 136 valence electrons. The Labute approximate surface area is 155 Å². The van der Waals surface area contributed by atoms with Gasteiger partial charge in [0, 0.05) is 6.07 Å². The van der Waals surface area contributed by atoms with Crippen LogP contribution in [0.1, 0.15) is 16.7 Å². The number of methoxy groups -OCH3 is 1. The number of nitrogens with one attached hydrogen (secondary N) is 1. The van der Waals surface area contributed by atoms with Crippen molar-refractivity contribution in [1.82, 2.24) is 5.43 Å². The minimum atomic E-state index is -0.419. The van der Waals surface area contributed by atoms with Crippen molar-refractivity contribution in [2.45, 2.75) is 13.5 Å². The summed E-state index contributed by atoms with van der Waals surface area (Å²) >= 11 is 4.66. The van der Waals surface area contributed by atoms with Crippen LogP contribution in [0.2, 0.25) is 0 Å². The highest BCUT2D eigenvalue weighted by atomic mass is 32.1. The normalized spacial score (nSPS) is 10.5. The molecular weight excluding hydrogens is 356 g/mol. The minimum absolute atomic E-state index is 0.0246. The Morgan fingerprint density at radius 2 is 2.12 bits per heavy atom. The first-order valence-electron chi connectivity index (χ1n) is 7.54. The molecule has 2 rings (SSSR count). The van der Waals surface area contributed by atoms with Crippen molar-refractivity contribution in [3.63, 3.8) is 0 Å². The summed E-state index contributed by atoms with van der Waals surface area (Å²) in [6.07, 6.45) is 1.52. The molecule has 2 aromatic carbocycles. The molecular formula is C17H18N4O4S. The molecule has 9 heteroatoms. The Morgan fingerprint density at radius 1 is 1.35 bits per heavy atom. The van der Waals surface area contributed by atoms with Crippen LogP contribution in [0.3, 0.4) is 0 Å². The van der Waals surface area contributed by atoms with E-state index in [0.717, 1.165) is 11.1 Å². The monoisotopic (exact) mass is 374 g/mol. The second-order valence-corrected chi connectivity index (χ2v) is 5.76. The maximum Gasteiger partial charge on any atom is 0.276 e. The number of nitro benzene ring substituents is 1. The van der Waals surface area contributed by atoms with Crippen molar-refractivity contribution < 1.29 is 14.4 Å². The van der Waals surface area contributed by atoms with Gasteiger partial charge in [-0.1, -0.05) is 6.07 Å². The Hall–Kier alpha value is -3.20. The first-order chi connectivity index (χ1) is 12.4. The predicted octanol–water partition coefficient (Wildman–Crippen LogP) is 2.66. The zero-order valence-corrected chi connectivity index (χ0v) is 15.1. The number of nitrogens with zero attached hydrogens (tertiary/aromatic N) is 2. The molecule has 0 fully saturated rings. The molecule has 0 aliphatic rings. The number of ether oxygens (including phenoxy) is 2. The topological polar surface area (TPSA) is 112 Å². The van der Waals surface area contributed by atoms with Gasteiger partial charge in [0.05, 0.1) is 23.8 Å². The van der Waals surface area contributed by atoms with Gasteiger partial charge in [-0.25, -0.2) is 0 Å². The van der Waals surface area contributed by atoms with Gasteiger partial charge in [-0.05, 0) is 54.5 Å². The van der Waals surface area contributed by atoms with Crippen molar-refractivity contribution in [2.75, 3.05) is 7.11 Å². The van der Waals surface area contributed by atoms with Gasteiger partial charge in [0.25, 0.3) is 5.69 Å². The summed E-state index contributed by atoms with van der Waals surface area (Å²) in [6, 6.07) is 10.2. The molecule has 0 aliphatic heterocycles. The van der Waals surface area contributed by atoms with Crippen LogP contribution in [0.15, 0.2) is 41.5 Å². The smallest absolute Gasteiger partial charge is 0.276 e. The Bertz CT molecular complexity index is 855. The lowest BCUT2D eigenvalue weighted by atomic mass is 10.1. The second kappa shape index (κ2) is 8.77. The summed E-state index contributed by atoms with van der Waals surface area (Å²) in [4.78, 5) is 10.8. The van der Waals surface area contributed by atoms with Crippen LogP contribution in [0, 0.1) is 17.0 Å². The first kappa shape index (κ1) is 19.1. The van der Waals surface area contributed by atoms with Crippen LogP contribution in [0.25, 0.3) is 0 Å². The Morgan fingerprint density at radius 3 is 2.77 bits per heavy atom. The maximum absolute atomic E-state index is 11.2. The van der Waals surface area contributed by atoms with Gasteiger partial charge in [-0.2, -0.15) is 5.10 Å². The lowest BCUT2D eigenvalue weighted by molar-refractivity contribution is -0.385. The van der Waals surface area contributed by atoms with E-state index in [4.69, 9.17) is 15.2 Å². The molecule has 0 heterocycles. The van der Waals surface area contributed by atoms with Crippen LogP contribution >= 0.6 is 12.2 Å². The number of rotatable bonds is 7. The molecule has 26 heavy (non-hydrogen) atoms. The van der Waals surface area contributed by atoms with E-state index >= 15 is 0 Å². The summed E-state index contributed by atoms with van der Waals surface area (Å²) in [6.45, 7) is 1.84. The predicted molar refractivity (Wildman–Crippen MR) is 103 cm³/mol. The molecule has 0 saturated heterocycles. The van der Waals surface area contributed by atoms with E-state index in [-0.39, 0.29) is 17.4 Å². The molecule has 0 unspecified atom stereocenters. The van der Waals surface area contributed by atoms with Crippen LogP contribution < -0.4 is 20.6 Å². The van der Waals surface area contributed by atoms with Crippen molar-refractivity contribution in [2.24, 2.45) is 10.8 Å². The molecule has 8 nitrogen and oxygen atoms in total. The van der Waals surface area contributed by atoms with Crippen molar-refractivity contribution in [3.8, 4) is 11.5 Å². The van der Waals surface area contributed by atoms with Crippen molar-refractivity contribution in [1.29, 1.82) is 0 Å². The van der Waals surface area contributed by atoms with E-state index in [2.05, 4.69) is 22.7 Å². The van der Waals surface area contributed by atoms with Crippen molar-refractivity contribution >= 4 is 29.2 Å². The van der Waals surface area contributed by atoms with E-state index in [9.17, 15) is 10.1 Å². The number of nitro groups is 1. The molecule has 0 spiro atoms. The standard InChI is InChI=1S/C17H18N4O4S/c1-11-3-5-13(14(7-11)21(22)23)10-25-15-6-4-12(8-16(15)24-2)9-19-20-17(18)26/h3-9H,10H2,1-2H3,(H3,18,20,26). The van der Waals surface area contributed by atoms with Crippen molar-refractivity contribution in [3.05, 3.63) is 63.2 Å². The molecule has 0 radical (unpaired) electrons. The lowest BCUT2D eigenvalue weighted by Gasteiger charge is -2.12. The molecule has 0 atom stereocenters. The fourth-order valence-corrected chi connectivity index (χ4v) is 2.23. The van der Waals surface area contributed by atoms with Gasteiger partial charge in [-0.3, -0.25) is 15.5 Å². The van der Waals surface area contributed by atoms with Gasteiger partial charge in [0.1, 0.15) is 6.61 Å². The van der Waals surface area contributed by atoms with E-state index in [1.165, 1.54) is 19.4 Å². The largest absolute Gasteiger partial charge is 0.493 e. The molecule has 0 aromatic heterocycles. The Balaban J connectivity index is 2.16. The minimum Gasteiger partial charge on any atom is -0.493 e. The van der Waals surface area contributed by atoms with Gasteiger partial charge < -0.3 is 15.2 Å². The molecule has 0 saturated carbocycles. The third-order valence-corrected chi connectivity index (χ3v) is 3.49. The summed E-state index contributed by atoms with van der Waals surface area (Å²) in [5.41, 5.74) is 9.80. The zero-order chi connectivity index (χ0) is 19.1. The summed E-state index contributed by atoms with van der Waals surface area (Å²) in [5.74, 6) is 0.931. The van der Waals surface area contributed by atoms with Gasteiger partial charge in [0.2, 0.25) is 0 Å². The van der Waals surface area contributed by atoms with Crippen LogP contribution in [-0.4, -0.2) is 23.4 Å². The summed E-state index contributed by atoms with van der Waals surface area (Å²) < 4.78 is 11.0.